The lowest BCUT2D eigenvalue weighted by atomic mass is 10.1. The Kier molecular flexibility index (Phi) is 3.94. The minimum Gasteiger partial charge on any atom is -0.392 e. The summed E-state index contributed by atoms with van der Waals surface area (Å²) in [7, 11) is -3.59. The summed E-state index contributed by atoms with van der Waals surface area (Å²) < 4.78 is 39.9. The van der Waals surface area contributed by atoms with Crippen molar-refractivity contribution in [2.24, 2.45) is 5.92 Å². The van der Waals surface area contributed by atoms with Crippen LogP contribution in [0.1, 0.15) is 24.5 Å². The molecule has 1 fully saturated rings. The first-order valence-corrected chi connectivity index (χ1v) is 7.70. The number of aliphatic hydroxyl groups excluding tert-OH is 1. The number of halogens is 1. The summed E-state index contributed by atoms with van der Waals surface area (Å²) in [6, 6.07) is 2.55. The van der Waals surface area contributed by atoms with Gasteiger partial charge in [0.25, 0.3) is 0 Å². The number of nitrogens with zero attached hydrogens (tertiary/aromatic N) is 1. The highest BCUT2D eigenvalue weighted by Gasteiger charge is 2.31. The van der Waals surface area contributed by atoms with Gasteiger partial charge in [0, 0.05) is 18.7 Å². The van der Waals surface area contributed by atoms with Crippen molar-refractivity contribution in [2.45, 2.75) is 31.8 Å². The summed E-state index contributed by atoms with van der Waals surface area (Å²) in [4.78, 5) is 0.0598. The number of hydrogen-bond acceptors (Lipinski definition) is 3. The third-order valence-corrected chi connectivity index (χ3v) is 5.34. The zero-order chi connectivity index (χ0) is 14.2. The van der Waals surface area contributed by atoms with Crippen LogP contribution in [-0.2, 0) is 16.6 Å². The second-order valence-electron chi connectivity index (χ2n) is 5.13. The number of rotatable bonds is 3. The average Bonchev–Trinajstić information content (AvgIpc) is 2.79. The van der Waals surface area contributed by atoms with Crippen LogP contribution in [0.3, 0.4) is 0 Å². The molecule has 6 heteroatoms. The van der Waals surface area contributed by atoms with Crippen LogP contribution in [-0.4, -0.2) is 30.9 Å². The summed E-state index contributed by atoms with van der Waals surface area (Å²) >= 11 is 0. The van der Waals surface area contributed by atoms with E-state index in [4.69, 9.17) is 5.11 Å². The molecule has 4 nitrogen and oxygen atoms in total. The predicted octanol–water partition coefficient (Wildman–Crippen LogP) is 1.66. The number of aliphatic hydroxyl groups is 1. The molecule has 2 rings (SSSR count). The molecule has 0 bridgehead atoms. The SMILES string of the molecule is Cc1cc(S(=O)(=O)N2CCC(C)C2)cc(CO)c1F. The van der Waals surface area contributed by atoms with Gasteiger partial charge in [-0.05, 0) is 37.0 Å². The predicted molar refractivity (Wildman–Crippen MR) is 69.6 cm³/mol. The fourth-order valence-electron chi connectivity index (χ4n) is 2.33. The number of sulfonamides is 1. The van der Waals surface area contributed by atoms with Gasteiger partial charge in [0.2, 0.25) is 10.0 Å². The van der Waals surface area contributed by atoms with E-state index < -0.39 is 22.4 Å². The molecule has 1 heterocycles. The van der Waals surface area contributed by atoms with Gasteiger partial charge in [-0.3, -0.25) is 0 Å². The molecule has 0 saturated carbocycles. The van der Waals surface area contributed by atoms with Gasteiger partial charge in [-0.15, -0.1) is 0 Å². The molecule has 1 unspecified atom stereocenters. The Bertz CT molecular complexity index is 586. The highest BCUT2D eigenvalue weighted by Crippen LogP contribution is 2.26. The lowest BCUT2D eigenvalue weighted by Crippen LogP contribution is -2.29. The maximum atomic E-state index is 13.6. The summed E-state index contributed by atoms with van der Waals surface area (Å²) in [6.45, 7) is 3.98. The minimum atomic E-state index is -3.59. The molecule has 0 aromatic heterocycles. The van der Waals surface area contributed by atoms with E-state index in [-0.39, 0.29) is 16.0 Å². The first-order chi connectivity index (χ1) is 8.86. The maximum absolute atomic E-state index is 13.6. The first kappa shape index (κ1) is 14.4. The van der Waals surface area contributed by atoms with Crippen molar-refractivity contribution in [3.8, 4) is 0 Å². The van der Waals surface area contributed by atoms with E-state index in [1.54, 1.807) is 0 Å². The van der Waals surface area contributed by atoms with Crippen LogP contribution >= 0.6 is 0 Å². The Balaban J connectivity index is 2.44. The normalized spacial score (nSPS) is 20.9. The van der Waals surface area contributed by atoms with Crippen LogP contribution in [0.2, 0.25) is 0 Å². The van der Waals surface area contributed by atoms with Crippen LogP contribution in [0.5, 0.6) is 0 Å². The molecule has 1 aromatic rings. The van der Waals surface area contributed by atoms with Crippen LogP contribution < -0.4 is 0 Å². The van der Waals surface area contributed by atoms with Crippen molar-refractivity contribution in [3.63, 3.8) is 0 Å². The van der Waals surface area contributed by atoms with Gasteiger partial charge < -0.3 is 5.11 Å². The van der Waals surface area contributed by atoms with Crippen LogP contribution in [0.4, 0.5) is 4.39 Å². The fraction of sp³-hybridized carbons (Fsp3) is 0.538. The first-order valence-electron chi connectivity index (χ1n) is 6.26. The van der Waals surface area contributed by atoms with E-state index in [0.717, 1.165) is 6.42 Å². The van der Waals surface area contributed by atoms with Crippen molar-refractivity contribution >= 4 is 10.0 Å². The monoisotopic (exact) mass is 287 g/mol. The Labute approximate surface area is 112 Å². The van der Waals surface area contributed by atoms with Crippen molar-refractivity contribution in [1.82, 2.24) is 4.31 Å². The Morgan fingerprint density at radius 3 is 2.68 bits per heavy atom. The molecule has 19 heavy (non-hydrogen) atoms. The summed E-state index contributed by atoms with van der Waals surface area (Å²) in [5.41, 5.74) is 0.253. The second-order valence-corrected chi connectivity index (χ2v) is 7.07. The van der Waals surface area contributed by atoms with Gasteiger partial charge in [-0.1, -0.05) is 6.92 Å². The minimum absolute atomic E-state index is 0.0193. The lowest BCUT2D eigenvalue weighted by molar-refractivity contribution is 0.275. The molecule has 106 valence electrons. The summed E-state index contributed by atoms with van der Waals surface area (Å²) in [6.07, 6.45) is 0.840. The molecule has 1 aliphatic heterocycles. The van der Waals surface area contributed by atoms with Crippen LogP contribution in [0.25, 0.3) is 0 Å². The second kappa shape index (κ2) is 5.19. The Morgan fingerprint density at radius 2 is 2.16 bits per heavy atom. The molecule has 1 aromatic carbocycles. The van der Waals surface area contributed by atoms with Crippen molar-refractivity contribution in [2.75, 3.05) is 13.1 Å². The highest BCUT2D eigenvalue weighted by molar-refractivity contribution is 7.89. The molecule has 1 atom stereocenters. The quantitative estimate of drug-likeness (QED) is 0.920. The third kappa shape index (κ3) is 2.66. The van der Waals surface area contributed by atoms with Gasteiger partial charge in [0.15, 0.2) is 0 Å². The maximum Gasteiger partial charge on any atom is 0.243 e. The van der Waals surface area contributed by atoms with Crippen molar-refractivity contribution < 1.29 is 17.9 Å². The molecule has 1 N–H and O–H groups in total. The Morgan fingerprint density at radius 1 is 1.47 bits per heavy atom. The third-order valence-electron chi connectivity index (χ3n) is 3.50. The molecule has 1 saturated heterocycles. The largest absolute Gasteiger partial charge is 0.392 e. The standard InChI is InChI=1S/C13H18FNO3S/c1-9-3-4-15(7-9)19(17,18)12-5-10(2)13(14)11(6-12)8-16/h5-6,9,16H,3-4,7-8H2,1-2H3. The van der Waals surface area contributed by atoms with Crippen LogP contribution in [0, 0.1) is 18.7 Å². The van der Waals surface area contributed by atoms with E-state index >= 15 is 0 Å². The number of hydrogen-bond donors (Lipinski definition) is 1. The molecule has 0 radical (unpaired) electrons. The van der Waals surface area contributed by atoms with E-state index in [2.05, 4.69) is 0 Å². The molecular formula is C13H18FNO3S. The van der Waals surface area contributed by atoms with E-state index in [1.807, 2.05) is 6.92 Å². The molecule has 0 amide bonds. The zero-order valence-electron chi connectivity index (χ0n) is 11.1. The van der Waals surface area contributed by atoms with Crippen molar-refractivity contribution in [3.05, 3.63) is 29.1 Å². The lowest BCUT2D eigenvalue weighted by Gasteiger charge is -2.17. The topological polar surface area (TPSA) is 57.6 Å². The van der Waals surface area contributed by atoms with Gasteiger partial charge in [-0.25, -0.2) is 12.8 Å². The molecule has 0 spiro atoms. The molecular weight excluding hydrogens is 269 g/mol. The van der Waals surface area contributed by atoms with Gasteiger partial charge in [0.05, 0.1) is 11.5 Å². The number of aryl methyl sites for hydroxylation is 1. The molecule has 0 aliphatic carbocycles. The Hall–Kier alpha value is -0.980. The zero-order valence-corrected chi connectivity index (χ0v) is 11.9. The van der Waals surface area contributed by atoms with Gasteiger partial charge in [-0.2, -0.15) is 4.31 Å². The molecule has 1 aliphatic rings. The van der Waals surface area contributed by atoms with E-state index in [0.29, 0.717) is 19.0 Å². The van der Waals surface area contributed by atoms with Gasteiger partial charge >= 0.3 is 0 Å². The summed E-state index contributed by atoms with van der Waals surface area (Å²) in [5, 5.41) is 9.09. The smallest absolute Gasteiger partial charge is 0.243 e. The van der Waals surface area contributed by atoms with Gasteiger partial charge in [0.1, 0.15) is 5.82 Å². The highest BCUT2D eigenvalue weighted by atomic mass is 32.2. The van der Waals surface area contributed by atoms with E-state index in [9.17, 15) is 12.8 Å². The van der Waals surface area contributed by atoms with Crippen molar-refractivity contribution in [1.29, 1.82) is 0 Å². The van der Waals surface area contributed by atoms with E-state index in [1.165, 1.54) is 23.4 Å². The summed E-state index contributed by atoms with van der Waals surface area (Å²) in [5.74, 6) is -0.204. The average molecular weight is 287 g/mol. The fourth-order valence-corrected chi connectivity index (χ4v) is 4.04. The number of benzene rings is 1. The van der Waals surface area contributed by atoms with Crippen LogP contribution in [0.15, 0.2) is 17.0 Å².